The summed E-state index contributed by atoms with van der Waals surface area (Å²) in [7, 11) is -3.34. The zero-order valence-corrected chi connectivity index (χ0v) is 9.29. The first-order valence-electron chi connectivity index (χ1n) is 4.62. The molecule has 0 atom stereocenters. The van der Waals surface area contributed by atoms with Crippen LogP contribution in [-0.4, -0.2) is 37.2 Å². The maximum Gasteiger partial charge on any atom is 0.236 e. The monoisotopic (exact) mass is 230 g/mol. The molecule has 6 nitrogen and oxygen atoms in total. The van der Waals surface area contributed by atoms with E-state index in [2.05, 4.69) is 20.0 Å². The number of aromatic nitrogens is 2. The Hall–Kier alpha value is -1.21. The average Bonchev–Trinajstić information content (AvgIpc) is 2.18. The molecule has 0 unspecified atom stereocenters. The lowest BCUT2D eigenvalue weighted by atomic mass is 10.7. The summed E-state index contributed by atoms with van der Waals surface area (Å²) in [5.74, 6) is 0.119. The van der Waals surface area contributed by atoms with Crippen molar-refractivity contribution >= 4 is 16.0 Å². The van der Waals surface area contributed by atoms with Gasteiger partial charge in [0.2, 0.25) is 16.0 Å². The maximum absolute atomic E-state index is 11.4. The van der Waals surface area contributed by atoms with Crippen molar-refractivity contribution in [2.24, 2.45) is 0 Å². The number of nitrogens with one attached hydrogen (secondary N) is 2. The molecule has 0 radical (unpaired) electrons. The molecule has 0 spiro atoms. The molecule has 0 amide bonds. The number of sulfonamides is 1. The summed E-state index contributed by atoms with van der Waals surface area (Å²) in [5.41, 5.74) is 0. The standard InChI is InChI=1S/C8H14N4O2S/c1-2-9-6-7-15(13,14)12-8-10-4-3-5-11-8/h3-5,9H,2,6-7H2,1H3,(H,10,11,12). The van der Waals surface area contributed by atoms with Crippen LogP contribution in [-0.2, 0) is 10.0 Å². The minimum atomic E-state index is -3.34. The average molecular weight is 230 g/mol. The van der Waals surface area contributed by atoms with Gasteiger partial charge in [-0.2, -0.15) is 0 Å². The molecule has 0 saturated carbocycles. The van der Waals surface area contributed by atoms with Crippen molar-refractivity contribution < 1.29 is 8.42 Å². The van der Waals surface area contributed by atoms with E-state index in [1.807, 2.05) is 6.92 Å². The Kier molecular flexibility index (Phi) is 4.44. The summed E-state index contributed by atoms with van der Waals surface area (Å²) in [6.45, 7) is 3.08. The van der Waals surface area contributed by atoms with Gasteiger partial charge < -0.3 is 5.32 Å². The van der Waals surface area contributed by atoms with Gasteiger partial charge in [-0.15, -0.1) is 0 Å². The van der Waals surface area contributed by atoms with E-state index in [0.717, 1.165) is 6.54 Å². The molecule has 1 rings (SSSR count). The van der Waals surface area contributed by atoms with Crippen LogP contribution in [0, 0.1) is 0 Å². The molecule has 0 saturated heterocycles. The second-order valence-corrected chi connectivity index (χ2v) is 4.69. The van der Waals surface area contributed by atoms with Crippen LogP contribution < -0.4 is 10.0 Å². The highest BCUT2D eigenvalue weighted by Gasteiger charge is 2.10. The van der Waals surface area contributed by atoms with Gasteiger partial charge in [0.1, 0.15) is 0 Å². The van der Waals surface area contributed by atoms with Gasteiger partial charge in [-0.3, -0.25) is 4.72 Å². The fourth-order valence-corrected chi connectivity index (χ4v) is 1.82. The van der Waals surface area contributed by atoms with Crippen molar-refractivity contribution in [3.8, 4) is 0 Å². The van der Waals surface area contributed by atoms with E-state index in [4.69, 9.17) is 0 Å². The van der Waals surface area contributed by atoms with E-state index >= 15 is 0 Å². The van der Waals surface area contributed by atoms with Crippen LogP contribution >= 0.6 is 0 Å². The summed E-state index contributed by atoms with van der Waals surface area (Å²) in [6, 6.07) is 1.62. The molecule has 15 heavy (non-hydrogen) atoms. The van der Waals surface area contributed by atoms with E-state index in [1.165, 1.54) is 12.4 Å². The number of hydrogen-bond donors (Lipinski definition) is 2. The lowest BCUT2D eigenvalue weighted by Crippen LogP contribution is -2.27. The molecule has 0 aliphatic rings. The largest absolute Gasteiger partial charge is 0.316 e. The summed E-state index contributed by atoms with van der Waals surface area (Å²) in [4.78, 5) is 7.54. The van der Waals surface area contributed by atoms with Gasteiger partial charge in [0.25, 0.3) is 0 Å². The molecule has 1 aromatic rings. The lowest BCUT2D eigenvalue weighted by molar-refractivity contribution is 0.596. The van der Waals surface area contributed by atoms with E-state index in [1.54, 1.807) is 6.07 Å². The molecule has 1 heterocycles. The molecule has 84 valence electrons. The van der Waals surface area contributed by atoms with E-state index in [-0.39, 0.29) is 11.7 Å². The molecule has 0 aromatic carbocycles. The topological polar surface area (TPSA) is 84.0 Å². The van der Waals surface area contributed by atoms with E-state index in [0.29, 0.717) is 6.54 Å². The van der Waals surface area contributed by atoms with Gasteiger partial charge in [0.05, 0.1) is 5.75 Å². The number of rotatable bonds is 6. The normalized spacial score (nSPS) is 11.3. The highest BCUT2D eigenvalue weighted by Crippen LogP contribution is 1.98. The summed E-state index contributed by atoms with van der Waals surface area (Å²) >= 11 is 0. The fourth-order valence-electron chi connectivity index (χ4n) is 0.925. The molecule has 0 fully saturated rings. The van der Waals surface area contributed by atoms with Gasteiger partial charge in [-0.1, -0.05) is 6.92 Å². The van der Waals surface area contributed by atoms with Crippen molar-refractivity contribution in [1.29, 1.82) is 0 Å². The predicted octanol–water partition coefficient (Wildman–Crippen LogP) is -0.172. The molecular formula is C8H14N4O2S. The molecule has 0 aliphatic carbocycles. The zero-order chi connectivity index (χ0) is 11.1. The van der Waals surface area contributed by atoms with E-state index in [9.17, 15) is 8.42 Å². The van der Waals surface area contributed by atoms with Gasteiger partial charge in [-0.25, -0.2) is 18.4 Å². The SMILES string of the molecule is CCNCCS(=O)(=O)Nc1ncccn1. The van der Waals surface area contributed by atoms with Crippen molar-refractivity contribution in [1.82, 2.24) is 15.3 Å². The Bertz CT molecular complexity index is 379. The first-order chi connectivity index (χ1) is 7.14. The highest BCUT2D eigenvalue weighted by molar-refractivity contribution is 7.92. The Morgan fingerprint density at radius 1 is 1.33 bits per heavy atom. The fraction of sp³-hybridized carbons (Fsp3) is 0.500. The van der Waals surface area contributed by atoms with Crippen molar-refractivity contribution in [3.05, 3.63) is 18.5 Å². The molecular weight excluding hydrogens is 216 g/mol. The molecule has 7 heteroatoms. The number of anilines is 1. The second kappa shape index (κ2) is 5.62. The van der Waals surface area contributed by atoms with Gasteiger partial charge in [0, 0.05) is 18.9 Å². The van der Waals surface area contributed by atoms with E-state index < -0.39 is 10.0 Å². The van der Waals surface area contributed by atoms with Crippen molar-refractivity contribution in [3.63, 3.8) is 0 Å². The van der Waals surface area contributed by atoms with Crippen LogP contribution in [0.5, 0.6) is 0 Å². The lowest BCUT2D eigenvalue weighted by Gasteiger charge is -2.05. The Morgan fingerprint density at radius 3 is 2.60 bits per heavy atom. The Morgan fingerprint density at radius 2 is 2.00 bits per heavy atom. The second-order valence-electron chi connectivity index (χ2n) is 2.85. The van der Waals surface area contributed by atoms with Gasteiger partial charge >= 0.3 is 0 Å². The third kappa shape index (κ3) is 4.71. The highest BCUT2D eigenvalue weighted by atomic mass is 32.2. The minimum absolute atomic E-state index is 0.0130. The predicted molar refractivity (Wildman–Crippen MR) is 58.0 cm³/mol. The zero-order valence-electron chi connectivity index (χ0n) is 8.47. The molecule has 1 aromatic heterocycles. The third-order valence-electron chi connectivity index (χ3n) is 1.61. The first kappa shape index (κ1) is 11.9. The summed E-state index contributed by atoms with van der Waals surface area (Å²) in [5, 5.41) is 2.93. The summed E-state index contributed by atoms with van der Waals surface area (Å²) < 4.78 is 25.2. The van der Waals surface area contributed by atoms with Crippen LogP contribution in [0.3, 0.4) is 0 Å². The van der Waals surface area contributed by atoms with Crippen molar-refractivity contribution in [2.75, 3.05) is 23.6 Å². The Balaban J connectivity index is 2.50. The Labute approximate surface area is 89.2 Å². The van der Waals surface area contributed by atoms with Crippen LogP contribution in [0.4, 0.5) is 5.95 Å². The van der Waals surface area contributed by atoms with Crippen LogP contribution in [0.15, 0.2) is 18.5 Å². The molecule has 0 bridgehead atoms. The van der Waals surface area contributed by atoms with Gasteiger partial charge in [-0.05, 0) is 12.6 Å². The maximum atomic E-state index is 11.4. The quantitative estimate of drug-likeness (QED) is 0.663. The molecule has 2 N–H and O–H groups in total. The first-order valence-corrected chi connectivity index (χ1v) is 6.27. The number of hydrogen-bond acceptors (Lipinski definition) is 5. The van der Waals surface area contributed by atoms with Gasteiger partial charge in [0.15, 0.2) is 0 Å². The van der Waals surface area contributed by atoms with Crippen molar-refractivity contribution in [2.45, 2.75) is 6.92 Å². The third-order valence-corrected chi connectivity index (χ3v) is 2.85. The molecule has 0 aliphatic heterocycles. The summed E-state index contributed by atoms with van der Waals surface area (Å²) in [6.07, 6.45) is 2.96. The minimum Gasteiger partial charge on any atom is -0.316 e. The smallest absolute Gasteiger partial charge is 0.236 e. The van der Waals surface area contributed by atoms with Crippen LogP contribution in [0.1, 0.15) is 6.92 Å². The number of nitrogens with zero attached hydrogens (tertiary/aromatic N) is 2. The van der Waals surface area contributed by atoms with Crippen LogP contribution in [0.25, 0.3) is 0 Å². The van der Waals surface area contributed by atoms with Crippen LogP contribution in [0.2, 0.25) is 0 Å².